The molecule has 0 fully saturated rings. The molecule has 3 heteroatoms. The minimum absolute atomic E-state index is 0.302. The molecular weight excluding hydrogens is 204 g/mol. The fourth-order valence-electron chi connectivity index (χ4n) is 1.25. The van der Waals surface area contributed by atoms with Gasteiger partial charge in [-0.05, 0) is 44.2 Å². The molecule has 0 aliphatic carbocycles. The molecule has 15 heavy (non-hydrogen) atoms. The van der Waals surface area contributed by atoms with E-state index in [0.717, 1.165) is 13.1 Å². The minimum Gasteiger partial charge on any atom is -0.311 e. The lowest BCUT2D eigenvalue weighted by Gasteiger charge is -2.22. The average molecular weight is 224 g/mol. The summed E-state index contributed by atoms with van der Waals surface area (Å²) in [5.41, 5.74) is 2.59. The zero-order chi connectivity index (χ0) is 11.3. The van der Waals surface area contributed by atoms with Gasteiger partial charge in [0.05, 0.1) is 0 Å². The van der Waals surface area contributed by atoms with Crippen LogP contribution in [0.5, 0.6) is 0 Å². The Morgan fingerprint density at radius 3 is 2.80 bits per heavy atom. The highest BCUT2D eigenvalue weighted by Gasteiger charge is 2.14. The van der Waals surface area contributed by atoms with Gasteiger partial charge in [0.1, 0.15) is 0 Å². The maximum atomic E-state index is 4.14. The highest BCUT2D eigenvalue weighted by molar-refractivity contribution is 7.99. The maximum Gasteiger partial charge on any atom is 0.0315 e. The number of nitrogens with one attached hydrogen (secondary N) is 1. The molecule has 1 N–H and O–H groups in total. The van der Waals surface area contributed by atoms with Crippen molar-refractivity contribution in [3.63, 3.8) is 0 Å². The van der Waals surface area contributed by atoms with Crippen LogP contribution in [0.4, 0.5) is 0 Å². The standard InChI is InChI=1S/C12H20N2S/c1-10-5-6-13-7-11(10)8-14-9-12(2,3)15-4/h5-7,14H,8-9H2,1-4H3. The quantitative estimate of drug-likeness (QED) is 0.832. The molecule has 0 amide bonds. The molecule has 0 aliphatic rings. The normalized spacial score (nSPS) is 11.7. The van der Waals surface area contributed by atoms with Gasteiger partial charge in [0, 0.05) is 30.2 Å². The van der Waals surface area contributed by atoms with Crippen LogP contribution < -0.4 is 5.32 Å². The van der Waals surface area contributed by atoms with Crippen LogP contribution in [0.2, 0.25) is 0 Å². The Labute approximate surface area is 96.9 Å². The first kappa shape index (κ1) is 12.5. The number of nitrogens with zero attached hydrogens (tertiary/aromatic N) is 1. The lowest BCUT2D eigenvalue weighted by molar-refractivity contribution is 0.589. The van der Waals surface area contributed by atoms with Crippen LogP contribution in [0, 0.1) is 6.92 Å². The number of rotatable bonds is 5. The lowest BCUT2D eigenvalue weighted by atomic mass is 10.1. The van der Waals surface area contributed by atoms with Crippen LogP contribution >= 0.6 is 11.8 Å². The Balaban J connectivity index is 2.42. The molecule has 0 unspecified atom stereocenters. The van der Waals surface area contributed by atoms with E-state index in [1.54, 1.807) is 0 Å². The van der Waals surface area contributed by atoms with E-state index in [-0.39, 0.29) is 0 Å². The maximum absolute atomic E-state index is 4.14. The second kappa shape index (κ2) is 5.52. The molecule has 0 aromatic carbocycles. The second-order valence-electron chi connectivity index (χ2n) is 4.37. The molecule has 0 atom stereocenters. The molecule has 1 heterocycles. The molecule has 0 saturated carbocycles. The largest absolute Gasteiger partial charge is 0.311 e. The molecule has 1 aromatic rings. The van der Waals surface area contributed by atoms with Gasteiger partial charge >= 0.3 is 0 Å². The third kappa shape index (κ3) is 4.22. The molecule has 0 radical (unpaired) electrons. The van der Waals surface area contributed by atoms with Gasteiger partial charge in [0.2, 0.25) is 0 Å². The van der Waals surface area contributed by atoms with Crippen LogP contribution in [-0.2, 0) is 6.54 Å². The SMILES string of the molecule is CSC(C)(C)CNCc1cnccc1C. The Hall–Kier alpha value is -0.540. The number of aromatic nitrogens is 1. The first-order chi connectivity index (χ1) is 7.05. The van der Waals surface area contributed by atoms with Gasteiger partial charge in [-0.2, -0.15) is 11.8 Å². The third-order valence-electron chi connectivity index (χ3n) is 2.57. The molecule has 0 bridgehead atoms. The number of pyridine rings is 1. The Morgan fingerprint density at radius 2 is 2.20 bits per heavy atom. The van der Waals surface area contributed by atoms with Crippen LogP contribution in [0.15, 0.2) is 18.5 Å². The fraction of sp³-hybridized carbons (Fsp3) is 0.583. The molecule has 0 spiro atoms. The lowest BCUT2D eigenvalue weighted by Crippen LogP contribution is -2.31. The summed E-state index contributed by atoms with van der Waals surface area (Å²) in [5, 5.41) is 3.47. The Kier molecular flexibility index (Phi) is 4.61. The van der Waals surface area contributed by atoms with E-state index in [9.17, 15) is 0 Å². The van der Waals surface area contributed by atoms with Crippen molar-refractivity contribution in [1.29, 1.82) is 0 Å². The highest BCUT2D eigenvalue weighted by Crippen LogP contribution is 2.19. The van der Waals surface area contributed by atoms with E-state index in [1.807, 2.05) is 24.2 Å². The number of hydrogen-bond donors (Lipinski definition) is 1. The molecule has 1 aromatic heterocycles. The second-order valence-corrected chi connectivity index (χ2v) is 5.88. The molecule has 2 nitrogen and oxygen atoms in total. The van der Waals surface area contributed by atoms with Crippen molar-refractivity contribution in [3.05, 3.63) is 29.6 Å². The van der Waals surface area contributed by atoms with Crippen molar-refractivity contribution in [1.82, 2.24) is 10.3 Å². The van der Waals surface area contributed by atoms with Gasteiger partial charge in [-0.3, -0.25) is 4.98 Å². The summed E-state index contributed by atoms with van der Waals surface area (Å²) in [5.74, 6) is 0. The van der Waals surface area contributed by atoms with Gasteiger partial charge in [0.15, 0.2) is 0 Å². The van der Waals surface area contributed by atoms with Gasteiger partial charge < -0.3 is 5.32 Å². The van der Waals surface area contributed by atoms with Crippen molar-refractivity contribution in [2.24, 2.45) is 0 Å². The van der Waals surface area contributed by atoms with E-state index in [4.69, 9.17) is 0 Å². The number of thioether (sulfide) groups is 1. The zero-order valence-corrected chi connectivity index (χ0v) is 10.8. The molecule has 0 saturated heterocycles. The van der Waals surface area contributed by atoms with Crippen LogP contribution in [-0.4, -0.2) is 22.5 Å². The van der Waals surface area contributed by atoms with Gasteiger partial charge in [-0.15, -0.1) is 0 Å². The van der Waals surface area contributed by atoms with E-state index >= 15 is 0 Å². The Bertz CT molecular complexity index is 310. The highest BCUT2D eigenvalue weighted by atomic mass is 32.2. The number of aryl methyl sites for hydroxylation is 1. The van der Waals surface area contributed by atoms with Crippen LogP contribution in [0.1, 0.15) is 25.0 Å². The fourth-order valence-corrected chi connectivity index (χ4v) is 1.50. The van der Waals surface area contributed by atoms with Crippen molar-refractivity contribution in [2.45, 2.75) is 32.1 Å². The molecular formula is C12H20N2S. The van der Waals surface area contributed by atoms with Crippen molar-refractivity contribution >= 4 is 11.8 Å². The van der Waals surface area contributed by atoms with E-state index < -0.39 is 0 Å². The van der Waals surface area contributed by atoms with E-state index in [2.05, 4.69) is 43.4 Å². The summed E-state index contributed by atoms with van der Waals surface area (Å²) in [4.78, 5) is 4.14. The van der Waals surface area contributed by atoms with Crippen LogP contribution in [0.25, 0.3) is 0 Å². The predicted molar refractivity (Wildman–Crippen MR) is 68.3 cm³/mol. The monoisotopic (exact) mass is 224 g/mol. The zero-order valence-electron chi connectivity index (χ0n) is 10.0. The van der Waals surface area contributed by atoms with Crippen molar-refractivity contribution in [2.75, 3.05) is 12.8 Å². The smallest absolute Gasteiger partial charge is 0.0315 e. The summed E-state index contributed by atoms with van der Waals surface area (Å²) in [6, 6.07) is 2.05. The van der Waals surface area contributed by atoms with E-state index in [0.29, 0.717) is 4.75 Å². The average Bonchev–Trinajstić information content (AvgIpc) is 2.21. The first-order valence-electron chi connectivity index (χ1n) is 5.20. The third-order valence-corrected chi connectivity index (χ3v) is 3.82. The van der Waals surface area contributed by atoms with Crippen molar-refractivity contribution < 1.29 is 0 Å². The number of hydrogen-bond acceptors (Lipinski definition) is 3. The predicted octanol–water partition coefficient (Wildman–Crippen LogP) is 2.62. The molecule has 0 aliphatic heterocycles. The first-order valence-corrected chi connectivity index (χ1v) is 6.43. The van der Waals surface area contributed by atoms with Gasteiger partial charge in [-0.1, -0.05) is 0 Å². The Morgan fingerprint density at radius 1 is 1.47 bits per heavy atom. The topological polar surface area (TPSA) is 24.9 Å². The van der Waals surface area contributed by atoms with Gasteiger partial charge in [0.25, 0.3) is 0 Å². The summed E-state index contributed by atoms with van der Waals surface area (Å²) in [6.07, 6.45) is 5.93. The summed E-state index contributed by atoms with van der Waals surface area (Å²) >= 11 is 1.89. The van der Waals surface area contributed by atoms with Crippen molar-refractivity contribution in [3.8, 4) is 0 Å². The molecule has 1 rings (SSSR count). The summed E-state index contributed by atoms with van der Waals surface area (Å²) in [7, 11) is 0. The van der Waals surface area contributed by atoms with Gasteiger partial charge in [-0.25, -0.2) is 0 Å². The molecule has 84 valence electrons. The summed E-state index contributed by atoms with van der Waals surface area (Å²) < 4.78 is 0.302. The van der Waals surface area contributed by atoms with Crippen LogP contribution in [0.3, 0.4) is 0 Å². The van der Waals surface area contributed by atoms with E-state index in [1.165, 1.54) is 11.1 Å². The summed E-state index contributed by atoms with van der Waals surface area (Å²) in [6.45, 7) is 8.55. The minimum atomic E-state index is 0.302.